The third-order valence-electron chi connectivity index (χ3n) is 4.58. The molecule has 6 nitrogen and oxygen atoms in total. The van der Waals surface area contributed by atoms with Crippen LogP contribution in [0, 0.1) is 5.82 Å². The second kappa shape index (κ2) is 7.17. The van der Waals surface area contributed by atoms with Crippen molar-refractivity contribution in [3.8, 4) is 5.75 Å². The number of phenolic OH excluding ortho intramolecular Hbond substituents is 1. The summed E-state index contributed by atoms with van der Waals surface area (Å²) in [6, 6.07) is 3.14. The summed E-state index contributed by atoms with van der Waals surface area (Å²) in [6.07, 6.45) is 2.15. The van der Waals surface area contributed by atoms with E-state index >= 15 is 0 Å². The lowest BCUT2D eigenvalue weighted by atomic mass is 9.99. The van der Waals surface area contributed by atoms with Crippen molar-refractivity contribution in [2.75, 3.05) is 32.8 Å². The van der Waals surface area contributed by atoms with Crippen LogP contribution in [-0.2, 0) is 9.53 Å². The normalized spacial score (nSPS) is 21.6. The summed E-state index contributed by atoms with van der Waals surface area (Å²) in [5, 5.41) is 9.87. The third kappa shape index (κ3) is 3.21. The number of piperidine rings is 1. The topological polar surface area (TPSA) is 70.1 Å². The number of amides is 2. The van der Waals surface area contributed by atoms with Crippen molar-refractivity contribution in [1.82, 2.24) is 9.80 Å². The molecule has 1 N–H and O–H groups in total. The van der Waals surface area contributed by atoms with Crippen molar-refractivity contribution in [1.29, 1.82) is 0 Å². The lowest BCUT2D eigenvalue weighted by molar-refractivity contribution is -0.141. The van der Waals surface area contributed by atoms with E-state index in [1.165, 1.54) is 17.0 Å². The van der Waals surface area contributed by atoms with Crippen LogP contribution >= 0.6 is 0 Å². The summed E-state index contributed by atoms with van der Waals surface area (Å²) in [4.78, 5) is 28.7. The second-order valence-corrected chi connectivity index (χ2v) is 6.08. The monoisotopic (exact) mass is 336 g/mol. The predicted molar refractivity (Wildman–Crippen MR) is 84.1 cm³/mol. The molecule has 24 heavy (non-hydrogen) atoms. The zero-order chi connectivity index (χ0) is 17.1. The average molecular weight is 336 g/mol. The molecular formula is C17H21FN2O4. The maximum atomic E-state index is 14.0. The van der Waals surface area contributed by atoms with Crippen LogP contribution in [0.4, 0.5) is 4.39 Å². The fourth-order valence-electron chi connectivity index (χ4n) is 3.29. The highest BCUT2D eigenvalue weighted by Crippen LogP contribution is 2.27. The number of halogens is 1. The lowest BCUT2D eigenvalue weighted by Gasteiger charge is -2.38. The van der Waals surface area contributed by atoms with E-state index in [0.717, 1.165) is 18.9 Å². The molecule has 7 heteroatoms. The zero-order valence-corrected chi connectivity index (χ0v) is 13.4. The Bertz CT molecular complexity index is 611. The summed E-state index contributed by atoms with van der Waals surface area (Å²) < 4.78 is 19.3. The minimum absolute atomic E-state index is 0.123. The maximum absolute atomic E-state index is 14.0. The molecule has 0 spiro atoms. The number of carbonyl (C=O) groups is 2. The van der Waals surface area contributed by atoms with Crippen molar-refractivity contribution in [3.05, 3.63) is 29.6 Å². The van der Waals surface area contributed by atoms with Crippen LogP contribution in [0.25, 0.3) is 0 Å². The maximum Gasteiger partial charge on any atom is 0.261 e. The van der Waals surface area contributed by atoms with Gasteiger partial charge >= 0.3 is 0 Å². The Labute approximate surface area is 139 Å². The van der Waals surface area contributed by atoms with E-state index in [1.54, 1.807) is 4.90 Å². The minimum atomic E-state index is -0.775. The Morgan fingerprint density at radius 3 is 2.62 bits per heavy atom. The number of benzene rings is 1. The SMILES string of the molecule is O=C(C1CCCCN1C(=O)c1c(O)cccc1F)N1CCOCC1. The molecule has 2 saturated heterocycles. The highest BCUT2D eigenvalue weighted by molar-refractivity contribution is 6.00. The predicted octanol–water partition coefficient (Wildman–Crippen LogP) is 1.38. The molecule has 2 fully saturated rings. The number of phenols is 1. The third-order valence-corrected chi connectivity index (χ3v) is 4.58. The number of nitrogens with zero attached hydrogens (tertiary/aromatic N) is 2. The van der Waals surface area contributed by atoms with Gasteiger partial charge in [-0.1, -0.05) is 6.07 Å². The van der Waals surface area contributed by atoms with Gasteiger partial charge in [0.25, 0.3) is 5.91 Å². The Morgan fingerprint density at radius 1 is 1.17 bits per heavy atom. The van der Waals surface area contributed by atoms with Gasteiger partial charge in [-0.2, -0.15) is 0 Å². The van der Waals surface area contributed by atoms with Gasteiger partial charge in [0, 0.05) is 19.6 Å². The highest BCUT2D eigenvalue weighted by Gasteiger charge is 2.37. The number of carbonyl (C=O) groups excluding carboxylic acids is 2. The van der Waals surface area contributed by atoms with Crippen molar-refractivity contribution >= 4 is 11.8 Å². The van der Waals surface area contributed by atoms with Crippen LogP contribution in [-0.4, -0.2) is 65.6 Å². The minimum Gasteiger partial charge on any atom is -0.507 e. The van der Waals surface area contributed by atoms with Crippen LogP contribution in [0.2, 0.25) is 0 Å². The Morgan fingerprint density at radius 2 is 1.92 bits per heavy atom. The number of likely N-dealkylation sites (tertiary alicyclic amines) is 1. The average Bonchev–Trinajstić information content (AvgIpc) is 2.61. The molecule has 2 heterocycles. The molecule has 1 unspecified atom stereocenters. The summed E-state index contributed by atoms with van der Waals surface area (Å²) in [5.41, 5.74) is -0.362. The number of rotatable bonds is 2. The van der Waals surface area contributed by atoms with Crippen LogP contribution < -0.4 is 0 Å². The van der Waals surface area contributed by atoms with Crippen LogP contribution in [0.5, 0.6) is 5.75 Å². The van der Waals surface area contributed by atoms with E-state index in [-0.39, 0.29) is 11.5 Å². The molecular weight excluding hydrogens is 315 g/mol. The largest absolute Gasteiger partial charge is 0.507 e. The van der Waals surface area contributed by atoms with E-state index in [2.05, 4.69) is 0 Å². The van der Waals surface area contributed by atoms with Gasteiger partial charge in [-0.25, -0.2) is 4.39 Å². The standard InChI is InChI=1S/C17H21FN2O4/c18-12-4-3-6-14(21)15(12)17(23)20-7-2-1-5-13(20)16(22)19-8-10-24-11-9-19/h3-4,6,13,21H,1-2,5,7-11H2. The van der Waals surface area contributed by atoms with Crippen LogP contribution in [0.1, 0.15) is 29.6 Å². The number of hydrogen-bond donors (Lipinski definition) is 1. The van der Waals surface area contributed by atoms with E-state index in [0.29, 0.717) is 39.3 Å². The van der Waals surface area contributed by atoms with E-state index in [4.69, 9.17) is 4.74 Å². The van der Waals surface area contributed by atoms with Crippen molar-refractivity contribution < 1.29 is 23.8 Å². The first-order valence-electron chi connectivity index (χ1n) is 8.24. The second-order valence-electron chi connectivity index (χ2n) is 6.08. The van der Waals surface area contributed by atoms with Crippen molar-refractivity contribution in [3.63, 3.8) is 0 Å². The highest BCUT2D eigenvalue weighted by atomic mass is 19.1. The number of ether oxygens (including phenoxy) is 1. The Hall–Kier alpha value is -2.15. The van der Waals surface area contributed by atoms with Crippen LogP contribution in [0.15, 0.2) is 18.2 Å². The number of morpholine rings is 1. The van der Waals surface area contributed by atoms with E-state index in [1.807, 2.05) is 0 Å². The Balaban J connectivity index is 1.84. The lowest BCUT2D eigenvalue weighted by Crippen LogP contribution is -2.55. The van der Waals surface area contributed by atoms with Crippen molar-refractivity contribution in [2.24, 2.45) is 0 Å². The molecule has 0 aliphatic carbocycles. The van der Waals surface area contributed by atoms with Crippen LogP contribution in [0.3, 0.4) is 0 Å². The van der Waals surface area contributed by atoms with Gasteiger partial charge in [-0.05, 0) is 31.4 Å². The molecule has 0 saturated carbocycles. The van der Waals surface area contributed by atoms with Gasteiger partial charge < -0.3 is 19.6 Å². The first-order chi connectivity index (χ1) is 11.6. The zero-order valence-electron chi connectivity index (χ0n) is 13.4. The first kappa shape index (κ1) is 16.7. The quantitative estimate of drug-likeness (QED) is 0.886. The smallest absolute Gasteiger partial charge is 0.261 e. The molecule has 1 aromatic carbocycles. The summed E-state index contributed by atoms with van der Waals surface area (Å²) in [5.74, 6) is -1.93. The summed E-state index contributed by atoms with van der Waals surface area (Å²) in [6.45, 7) is 2.36. The summed E-state index contributed by atoms with van der Waals surface area (Å²) >= 11 is 0. The molecule has 0 bridgehead atoms. The van der Waals surface area contributed by atoms with Gasteiger partial charge in [0.2, 0.25) is 5.91 Å². The molecule has 0 radical (unpaired) electrons. The Kier molecular flexibility index (Phi) is 4.99. The van der Waals surface area contributed by atoms with Gasteiger partial charge in [0.15, 0.2) is 0 Å². The molecule has 1 atom stereocenters. The van der Waals surface area contributed by atoms with Gasteiger partial charge in [-0.3, -0.25) is 9.59 Å². The molecule has 0 aromatic heterocycles. The van der Waals surface area contributed by atoms with Gasteiger partial charge in [0.1, 0.15) is 23.2 Å². The fourth-order valence-corrected chi connectivity index (χ4v) is 3.29. The molecule has 2 amide bonds. The number of hydrogen-bond acceptors (Lipinski definition) is 4. The fraction of sp³-hybridized carbons (Fsp3) is 0.529. The molecule has 2 aliphatic rings. The van der Waals surface area contributed by atoms with Gasteiger partial charge in [-0.15, -0.1) is 0 Å². The molecule has 130 valence electrons. The van der Waals surface area contributed by atoms with E-state index < -0.39 is 23.5 Å². The first-order valence-corrected chi connectivity index (χ1v) is 8.24. The molecule has 1 aromatic rings. The van der Waals surface area contributed by atoms with Crippen molar-refractivity contribution in [2.45, 2.75) is 25.3 Å². The van der Waals surface area contributed by atoms with E-state index in [9.17, 15) is 19.1 Å². The molecule has 3 rings (SSSR count). The molecule has 2 aliphatic heterocycles. The summed E-state index contributed by atoms with van der Waals surface area (Å²) in [7, 11) is 0. The number of aromatic hydroxyl groups is 1. The van der Waals surface area contributed by atoms with Gasteiger partial charge in [0.05, 0.1) is 13.2 Å².